The zero-order valence-corrected chi connectivity index (χ0v) is 18.1. The van der Waals surface area contributed by atoms with E-state index in [0.29, 0.717) is 0 Å². The van der Waals surface area contributed by atoms with E-state index in [1.54, 1.807) is 0 Å². The van der Waals surface area contributed by atoms with E-state index in [1.807, 2.05) is 0 Å². The normalized spacial score (nSPS) is 13.7. The summed E-state index contributed by atoms with van der Waals surface area (Å²) in [6.07, 6.45) is 2.11. The summed E-state index contributed by atoms with van der Waals surface area (Å²) in [4.78, 5) is 0. The van der Waals surface area contributed by atoms with Crippen molar-refractivity contribution in [2.24, 2.45) is 0 Å². The van der Waals surface area contributed by atoms with Crippen molar-refractivity contribution in [1.29, 1.82) is 0 Å². The molecule has 0 aromatic heterocycles. The number of fused-ring (bicyclic) bond motifs is 3. The molecular weight excluding hydrogens is 360 g/mol. The van der Waals surface area contributed by atoms with Gasteiger partial charge in [-0.25, -0.2) is 0 Å². The molecule has 0 amide bonds. The Labute approximate surface area is 180 Å². The first-order valence-electron chi connectivity index (χ1n) is 11.1. The monoisotopic (exact) mass is 388 g/mol. The molecule has 1 aliphatic rings. The molecule has 0 fully saturated rings. The van der Waals surface area contributed by atoms with Crippen LogP contribution in [0.3, 0.4) is 0 Å². The molecule has 0 heteroatoms. The number of rotatable bonds is 4. The Balaban J connectivity index is 1.95. The molecule has 5 rings (SSSR count). The molecule has 0 saturated carbocycles. The molecule has 0 spiro atoms. The maximum Gasteiger partial charge on any atom is 0.0713 e. The summed E-state index contributed by atoms with van der Waals surface area (Å²) in [6, 6.07) is 34.4. The average Bonchev–Trinajstić information content (AvgIpc) is 3.09. The molecule has 0 atom stereocenters. The first-order chi connectivity index (χ1) is 14.7. The fraction of sp³-hybridized carbons (Fsp3) is 0.200. The molecule has 4 aromatic rings. The van der Waals surface area contributed by atoms with Crippen LogP contribution < -0.4 is 0 Å². The van der Waals surface area contributed by atoms with Gasteiger partial charge in [0.05, 0.1) is 5.41 Å². The van der Waals surface area contributed by atoms with E-state index in [4.69, 9.17) is 0 Å². The van der Waals surface area contributed by atoms with Crippen LogP contribution >= 0.6 is 0 Å². The Morgan fingerprint density at radius 3 is 1.67 bits per heavy atom. The smallest absolute Gasteiger partial charge is 0.0622 e. The summed E-state index contributed by atoms with van der Waals surface area (Å²) in [5, 5.41) is 0. The Morgan fingerprint density at radius 1 is 0.567 bits per heavy atom. The minimum atomic E-state index is -0.281. The molecule has 0 radical (unpaired) electrons. The van der Waals surface area contributed by atoms with Crippen molar-refractivity contribution in [2.45, 2.75) is 39.0 Å². The van der Waals surface area contributed by atoms with Crippen molar-refractivity contribution in [3.63, 3.8) is 0 Å². The molecule has 0 saturated heterocycles. The largest absolute Gasteiger partial charge is 0.0713 e. The molecule has 30 heavy (non-hydrogen) atoms. The van der Waals surface area contributed by atoms with E-state index in [1.165, 1.54) is 50.1 Å². The van der Waals surface area contributed by atoms with E-state index in [0.717, 1.165) is 12.8 Å². The van der Waals surface area contributed by atoms with E-state index >= 15 is 0 Å². The highest BCUT2D eigenvalue weighted by Crippen LogP contribution is 2.56. The van der Waals surface area contributed by atoms with E-state index in [2.05, 4.69) is 112 Å². The molecule has 0 nitrogen and oxygen atoms in total. The van der Waals surface area contributed by atoms with Gasteiger partial charge >= 0.3 is 0 Å². The number of hydrogen-bond donors (Lipinski definition) is 0. The lowest BCUT2D eigenvalue weighted by molar-refractivity contribution is 0.766. The van der Waals surface area contributed by atoms with Crippen LogP contribution in [0.2, 0.25) is 0 Å². The molecular formula is C30H28. The minimum absolute atomic E-state index is 0.281. The van der Waals surface area contributed by atoms with Crippen molar-refractivity contribution >= 4 is 0 Å². The first-order valence-corrected chi connectivity index (χ1v) is 11.1. The van der Waals surface area contributed by atoms with Crippen LogP contribution in [0, 0.1) is 6.92 Å². The summed E-state index contributed by atoms with van der Waals surface area (Å²) in [6.45, 7) is 6.68. The summed E-state index contributed by atoms with van der Waals surface area (Å²) in [5.41, 5.74) is 12.1. The van der Waals surface area contributed by atoms with Crippen LogP contribution in [0.5, 0.6) is 0 Å². The Bertz CT molecular complexity index is 1160. The predicted octanol–water partition coefficient (Wildman–Crippen LogP) is 7.48. The molecule has 0 heterocycles. The molecule has 0 N–H and O–H groups in total. The second-order valence-corrected chi connectivity index (χ2v) is 8.45. The zero-order valence-electron chi connectivity index (χ0n) is 18.1. The lowest BCUT2D eigenvalue weighted by Gasteiger charge is -2.34. The van der Waals surface area contributed by atoms with Gasteiger partial charge in [-0.1, -0.05) is 110 Å². The Hall–Kier alpha value is -3.12. The molecule has 4 aromatic carbocycles. The fourth-order valence-corrected chi connectivity index (χ4v) is 5.22. The third-order valence-corrected chi connectivity index (χ3v) is 6.74. The quantitative estimate of drug-likeness (QED) is 0.299. The molecule has 148 valence electrons. The Kier molecular flexibility index (Phi) is 4.59. The topological polar surface area (TPSA) is 0 Å². The maximum absolute atomic E-state index is 2.42. The van der Waals surface area contributed by atoms with E-state index < -0.39 is 0 Å². The number of benzene rings is 4. The highest BCUT2D eigenvalue weighted by molar-refractivity contribution is 5.87. The predicted molar refractivity (Wildman–Crippen MR) is 127 cm³/mol. The van der Waals surface area contributed by atoms with Gasteiger partial charge in [0.25, 0.3) is 0 Å². The fourth-order valence-electron chi connectivity index (χ4n) is 5.22. The van der Waals surface area contributed by atoms with Gasteiger partial charge in [0, 0.05) is 0 Å². The standard InChI is InChI=1S/C30H28/c1-4-22-14-16-28-26(19-22)27-20-23(5-2)15-17-29(27)30(28,24-11-7-6-8-12-24)25-13-9-10-21(3)18-25/h6-20H,4-5H2,1-3H3. The summed E-state index contributed by atoms with van der Waals surface area (Å²) < 4.78 is 0. The minimum Gasteiger partial charge on any atom is -0.0622 e. The Morgan fingerprint density at radius 2 is 1.13 bits per heavy atom. The van der Waals surface area contributed by atoms with Gasteiger partial charge in [-0.3, -0.25) is 0 Å². The van der Waals surface area contributed by atoms with Crippen LogP contribution in [0.4, 0.5) is 0 Å². The van der Waals surface area contributed by atoms with Gasteiger partial charge in [0.2, 0.25) is 0 Å². The molecule has 1 aliphatic carbocycles. The maximum atomic E-state index is 2.42. The van der Waals surface area contributed by atoms with Crippen LogP contribution in [0.15, 0.2) is 91.0 Å². The molecule has 0 bridgehead atoms. The van der Waals surface area contributed by atoms with Crippen LogP contribution in [0.25, 0.3) is 11.1 Å². The lowest BCUT2D eigenvalue weighted by Crippen LogP contribution is -2.28. The molecule has 0 unspecified atom stereocenters. The van der Waals surface area contributed by atoms with Crippen molar-refractivity contribution in [2.75, 3.05) is 0 Å². The van der Waals surface area contributed by atoms with Gasteiger partial charge < -0.3 is 0 Å². The van der Waals surface area contributed by atoms with Crippen molar-refractivity contribution in [3.8, 4) is 11.1 Å². The van der Waals surface area contributed by atoms with Gasteiger partial charge in [0.15, 0.2) is 0 Å². The average molecular weight is 389 g/mol. The van der Waals surface area contributed by atoms with Crippen LogP contribution in [-0.4, -0.2) is 0 Å². The van der Waals surface area contributed by atoms with Crippen molar-refractivity contribution in [1.82, 2.24) is 0 Å². The van der Waals surface area contributed by atoms with Crippen LogP contribution in [-0.2, 0) is 18.3 Å². The van der Waals surface area contributed by atoms with Gasteiger partial charge in [0.1, 0.15) is 0 Å². The first kappa shape index (κ1) is 18.9. The summed E-state index contributed by atoms with van der Waals surface area (Å²) >= 11 is 0. The summed E-state index contributed by atoms with van der Waals surface area (Å²) in [5.74, 6) is 0. The van der Waals surface area contributed by atoms with E-state index in [9.17, 15) is 0 Å². The van der Waals surface area contributed by atoms with Gasteiger partial charge in [-0.05, 0) is 64.3 Å². The highest BCUT2D eigenvalue weighted by Gasteiger charge is 2.46. The second kappa shape index (κ2) is 7.29. The van der Waals surface area contributed by atoms with Crippen LogP contribution in [0.1, 0.15) is 52.8 Å². The van der Waals surface area contributed by atoms with Gasteiger partial charge in [-0.2, -0.15) is 0 Å². The highest BCUT2D eigenvalue weighted by atomic mass is 14.5. The SMILES string of the molecule is CCc1ccc2c(c1)-c1cc(CC)ccc1C2(c1ccccc1)c1cccc(C)c1. The number of hydrogen-bond acceptors (Lipinski definition) is 0. The van der Waals surface area contributed by atoms with Gasteiger partial charge in [-0.15, -0.1) is 0 Å². The molecule has 0 aliphatic heterocycles. The zero-order chi connectivity index (χ0) is 20.7. The van der Waals surface area contributed by atoms with Crippen molar-refractivity contribution < 1.29 is 0 Å². The summed E-state index contributed by atoms with van der Waals surface area (Å²) in [7, 11) is 0. The third kappa shape index (κ3) is 2.67. The van der Waals surface area contributed by atoms with E-state index in [-0.39, 0.29) is 5.41 Å². The van der Waals surface area contributed by atoms with Crippen molar-refractivity contribution in [3.05, 3.63) is 130 Å². The second-order valence-electron chi connectivity index (χ2n) is 8.45. The lowest BCUT2D eigenvalue weighted by atomic mass is 9.67. The number of aryl methyl sites for hydroxylation is 3. The third-order valence-electron chi connectivity index (χ3n) is 6.74.